The molecule has 0 unspecified atom stereocenters. The number of hydrogen-bond donors (Lipinski definition) is 2. The first-order valence-electron chi connectivity index (χ1n) is 10.1. The molecule has 28 heavy (non-hydrogen) atoms. The van der Waals surface area contributed by atoms with Gasteiger partial charge in [-0.1, -0.05) is 24.3 Å². The predicted octanol–water partition coefficient (Wildman–Crippen LogP) is 3.33. The second-order valence-corrected chi connectivity index (χ2v) is 8.20. The maximum Gasteiger partial charge on any atom is 0.232 e. The van der Waals surface area contributed by atoms with Gasteiger partial charge in [0.25, 0.3) is 0 Å². The molecule has 2 aliphatic heterocycles. The molecule has 1 fully saturated rings. The molecule has 3 heterocycles. The fourth-order valence-electron chi connectivity index (χ4n) is 3.84. The topological polar surface area (TPSA) is 56.3 Å². The molecule has 0 atom stereocenters. The number of anilines is 3. The van der Waals surface area contributed by atoms with Crippen molar-refractivity contribution in [1.82, 2.24) is 15.3 Å². The molecule has 1 aromatic heterocycles. The molecule has 0 spiro atoms. The summed E-state index contributed by atoms with van der Waals surface area (Å²) in [6.45, 7) is 8.06. The lowest BCUT2D eigenvalue weighted by molar-refractivity contribution is 0.718. The van der Waals surface area contributed by atoms with Gasteiger partial charge in [0.05, 0.1) is 0 Å². The summed E-state index contributed by atoms with van der Waals surface area (Å²) in [5.74, 6) is 2.51. The van der Waals surface area contributed by atoms with Crippen LogP contribution >= 0.6 is 12.2 Å². The standard InChI is InChI=1S/C21H28N6S/c1-15(2)22-21(28)25-20-23-18(26-10-5-6-11-26)13-19(24-20)27-12-9-16-7-3-4-8-17(16)14-27/h3-4,7-8,13,15H,5-6,9-12,14H2,1-2H3,(H2,22,23,24,25,28). The van der Waals surface area contributed by atoms with E-state index in [0.717, 1.165) is 44.2 Å². The maximum absolute atomic E-state index is 5.41. The summed E-state index contributed by atoms with van der Waals surface area (Å²) in [5.41, 5.74) is 2.81. The molecule has 0 amide bonds. The van der Waals surface area contributed by atoms with E-state index >= 15 is 0 Å². The van der Waals surface area contributed by atoms with Crippen LogP contribution in [0.2, 0.25) is 0 Å². The Morgan fingerprint density at radius 1 is 1.00 bits per heavy atom. The van der Waals surface area contributed by atoms with Crippen LogP contribution in [0.3, 0.4) is 0 Å². The van der Waals surface area contributed by atoms with Gasteiger partial charge in [0.15, 0.2) is 5.11 Å². The summed E-state index contributed by atoms with van der Waals surface area (Å²) in [5, 5.41) is 6.94. The highest BCUT2D eigenvalue weighted by atomic mass is 32.1. The second kappa shape index (κ2) is 8.31. The Morgan fingerprint density at radius 2 is 1.68 bits per heavy atom. The lowest BCUT2D eigenvalue weighted by Crippen LogP contribution is -2.35. The van der Waals surface area contributed by atoms with Crippen molar-refractivity contribution in [2.24, 2.45) is 0 Å². The van der Waals surface area contributed by atoms with E-state index in [-0.39, 0.29) is 6.04 Å². The first kappa shape index (κ1) is 18.9. The second-order valence-electron chi connectivity index (χ2n) is 7.80. The van der Waals surface area contributed by atoms with Crippen molar-refractivity contribution in [2.75, 3.05) is 34.8 Å². The number of hydrogen-bond acceptors (Lipinski definition) is 5. The first-order chi connectivity index (χ1) is 13.6. The van der Waals surface area contributed by atoms with Gasteiger partial charge in [-0.2, -0.15) is 9.97 Å². The minimum Gasteiger partial charge on any atom is -0.360 e. The number of aromatic nitrogens is 2. The van der Waals surface area contributed by atoms with Gasteiger partial charge in [0, 0.05) is 38.3 Å². The van der Waals surface area contributed by atoms with Gasteiger partial charge in [-0.15, -0.1) is 0 Å². The summed E-state index contributed by atoms with van der Waals surface area (Å²) in [7, 11) is 0. The van der Waals surface area contributed by atoms with E-state index in [1.165, 1.54) is 24.0 Å². The van der Waals surface area contributed by atoms with Gasteiger partial charge in [0.1, 0.15) is 11.6 Å². The van der Waals surface area contributed by atoms with E-state index in [1.54, 1.807) is 0 Å². The molecule has 1 aromatic carbocycles. The smallest absolute Gasteiger partial charge is 0.232 e. The van der Waals surface area contributed by atoms with Gasteiger partial charge in [-0.05, 0) is 56.5 Å². The molecule has 0 radical (unpaired) electrons. The largest absolute Gasteiger partial charge is 0.360 e. The molecule has 2 N–H and O–H groups in total. The van der Waals surface area contributed by atoms with Gasteiger partial charge in [-0.25, -0.2) is 0 Å². The van der Waals surface area contributed by atoms with E-state index in [0.29, 0.717) is 11.1 Å². The van der Waals surface area contributed by atoms with E-state index in [1.807, 2.05) is 0 Å². The molecule has 0 bridgehead atoms. The van der Waals surface area contributed by atoms with Crippen LogP contribution in [-0.2, 0) is 13.0 Å². The summed E-state index contributed by atoms with van der Waals surface area (Å²) >= 11 is 5.41. The van der Waals surface area contributed by atoms with Crippen molar-refractivity contribution >= 4 is 34.9 Å². The Morgan fingerprint density at radius 3 is 2.39 bits per heavy atom. The highest BCUT2D eigenvalue weighted by Crippen LogP contribution is 2.28. The van der Waals surface area contributed by atoms with E-state index in [4.69, 9.17) is 22.2 Å². The highest BCUT2D eigenvalue weighted by molar-refractivity contribution is 7.80. The monoisotopic (exact) mass is 396 g/mol. The van der Waals surface area contributed by atoms with Gasteiger partial charge < -0.3 is 20.4 Å². The summed E-state index contributed by atoms with van der Waals surface area (Å²) in [6, 6.07) is 11.1. The minimum absolute atomic E-state index is 0.264. The Kier molecular flexibility index (Phi) is 5.62. The lowest BCUT2D eigenvalue weighted by atomic mass is 10.00. The third-order valence-electron chi connectivity index (χ3n) is 5.23. The lowest BCUT2D eigenvalue weighted by Gasteiger charge is -2.31. The number of fused-ring (bicyclic) bond motifs is 1. The van der Waals surface area contributed by atoms with Crippen LogP contribution in [0.4, 0.5) is 17.6 Å². The van der Waals surface area contributed by atoms with Crippen molar-refractivity contribution in [3.63, 3.8) is 0 Å². The average molecular weight is 397 g/mol. The summed E-state index contributed by atoms with van der Waals surface area (Å²) in [6.07, 6.45) is 3.47. The zero-order valence-corrected chi connectivity index (χ0v) is 17.4. The van der Waals surface area contributed by atoms with Gasteiger partial charge in [0.2, 0.25) is 5.95 Å². The zero-order valence-electron chi connectivity index (χ0n) is 16.6. The van der Waals surface area contributed by atoms with Crippen molar-refractivity contribution in [1.29, 1.82) is 0 Å². The fraction of sp³-hybridized carbons (Fsp3) is 0.476. The number of nitrogens with zero attached hydrogens (tertiary/aromatic N) is 4. The molecule has 6 nitrogen and oxygen atoms in total. The van der Waals surface area contributed by atoms with Crippen LogP contribution in [0, 0.1) is 0 Å². The molecular formula is C21H28N6S. The average Bonchev–Trinajstić information content (AvgIpc) is 3.21. The predicted molar refractivity (Wildman–Crippen MR) is 119 cm³/mol. The molecule has 148 valence electrons. The number of benzene rings is 1. The van der Waals surface area contributed by atoms with Crippen LogP contribution in [0.5, 0.6) is 0 Å². The van der Waals surface area contributed by atoms with Crippen LogP contribution < -0.4 is 20.4 Å². The van der Waals surface area contributed by atoms with Crippen LogP contribution in [0.15, 0.2) is 30.3 Å². The molecule has 1 saturated heterocycles. The quantitative estimate of drug-likeness (QED) is 0.769. The van der Waals surface area contributed by atoms with Crippen LogP contribution in [-0.4, -0.2) is 40.8 Å². The molecule has 2 aliphatic rings. The molecule has 7 heteroatoms. The Balaban J connectivity index is 1.61. The van der Waals surface area contributed by atoms with Gasteiger partial charge in [-0.3, -0.25) is 0 Å². The third kappa shape index (κ3) is 4.35. The van der Waals surface area contributed by atoms with Crippen molar-refractivity contribution in [3.05, 3.63) is 41.5 Å². The van der Waals surface area contributed by atoms with E-state index < -0.39 is 0 Å². The summed E-state index contributed by atoms with van der Waals surface area (Å²) < 4.78 is 0. The molecule has 4 rings (SSSR count). The SMILES string of the molecule is CC(C)NC(=S)Nc1nc(N2CCCC2)cc(N2CCc3ccccc3C2)n1. The van der Waals surface area contributed by atoms with Crippen LogP contribution in [0.1, 0.15) is 37.8 Å². The molecule has 0 aliphatic carbocycles. The summed E-state index contributed by atoms with van der Waals surface area (Å²) in [4.78, 5) is 14.2. The van der Waals surface area contributed by atoms with Crippen molar-refractivity contribution in [2.45, 2.75) is 45.7 Å². The molecule has 0 saturated carbocycles. The Bertz CT molecular complexity index is 847. The Hall–Kier alpha value is -2.41. The van der Waals surface area contributed by atoms with Crippen molar-refractivity contribution < 1.29 is 0 Å². The zero-order chi connectivity index (χ0) is 19.5. The van der Waals surface area contributed by atoms with Gasteiger partial charge >= 0.3 is 0 Å². The van der Waals surface area contributed by atoms with Crippen molar-refractivity contribution in [3.8, 4) is 0 Å². The van der Waals surface area contributed by atoms with E-state index in [2.05, 4.69) is 64.6 Å². The normalized spacial score (nSPS) is 16.2. The Labute approximate surface area is 172 Å². The first-order valence-corrected chi connectivity index (χ1v) is 10.5. The number of rotatable bonds is 4. The maximum atomic E-state index is 5.41. The highest BCUT2D eigenvalue weighted by Gasteiger charge is 2.21. The van der Waals surface area contributed by atoms with E-state index in [9.17, 15) is 0 Å². The number of nitrogens with one attached hydrogen (secondary N) is 2. The molecular weight excluding hydrogens is 368 g/mol. The third-order valence-corrected chi connectivity index (χ3v) is 5.45. The minimum atomic E-state index is 0.264. The molecule has 2 aromatic rings. The van der Waals surface area contributed by atoms with Crippen LogP contribution in [0.25, 0.3) is 0 Å². The fourth-order valence-corrected chi connectivity index (χ4v) is 4.17. The number of thiocarbonyl (C=S) groups is 1.